The second-order valence-corrected chi connectivity index (χ2v) is 15.9. The van der Waals surface area contributed by atoms with Gasteiger partial charge in [-0.3, -0.25) is 4.79 Å². The van der Waals surface area contributed by atoms with Gasteiger partial charge < -0.3 is 15.2 Å². The number of fused-ring (bicyclic) bond motifs is 8. The highest BCUT2D eigenvalue weighted by Crippen LogP contribution is 2.73. The molecule has 4 aliphatic rings. The van der Waals surface area contributed by atoms with Gasteiger partial charge in [-0.1, -0.05) is 71.4 Å². The van der Waals surface area contributed by atoms with Crippen molar-refractivity contribution in [3.05, 3.63) is 47.2 Å². The summed E-state index contributed by atoms with van der Waals surface area (Å²) in [5, 5.41) is 22.1. The number of allylic oxidation sites excluding steroid dienone is 2. The van der Waals surface area contributed by atoms with Crippen molar-refractivity contribution in [2.75, 3.05) is 0 Å². The van der Waals surface area contributed by atoms with Crippen molar-refractivity contribution < 1.29 is 15.0 Å². The number of carbonyl (C=O) groups is 1. The van der Waals surface area contributed by atoms with E-state index in [1.54, 1.807) is 13.8 Å². The zero-order valence-corrected chi connectivity index (χ0v) is 26.0. The Morgan fingerprint density at radius 2 is 1.77 bits per heavy atom. The fraction of sp³-hybridized carbons (Fsp3) is 0.694. The molecule has 1 aromatic carbocycles. The number of ketones is 1. The molecule has 4 aliphatic carbocycles. The molecule has 0 aliphatic heterocycles. The van der Waals surface area contributed by atoms with Crippen LogP contribution in [-0.4, -0.2) is 32.7 Å². The van der Waals surface area contributed by atoms with Crippen molar-refractivity contribution in [3.63, 3.8) is 0 Å². The van der Waals surface area contributed by atoms with Crippen molar-refractivity contribution in [3.8, 4) is 0 Å². The molecular formula is C36H51NO3. The van der Waals surface area contributed by atoms with E-state index < -0.39 is 11.7 Å². The Morgan fingerprint density at radius 3 is 2.48 bits per heavy atom. The standard InChI is InChI=1S/C36H51NO3/c1-21(13-16-29(38)33(4,5)40)24-17-18-34(6)28-15-14-25-26(36(28,8)30(39)20-35(24,34)7)19-23-22-11-9-10-12-27(22)37-31(23)32(25,2)3/h9-12,14,21,24,26,28-29,37-38,40H,13,15-20H2,1-8H3/t21-,24-,26-,28+,29-,34+,35-,36+/m1/s1. The van der Waals surface area contributed by atoms with Crippen molar-refractivity contribution >= 4 is 16.7 Å². The Balaban J connectivity index is 1.36. The quantitative estimate of drug-likeness (QED) is 0.340. The molecule has 8 atom stereocenters. The lowest BCUT2D eigenvalue weighted by atomic mass is 9.38. The molecule has 4 nitrogen and oxygen atoms in total. The van der Waals surface area contributed by atoms with E-state index in [0.717, 1.165) is 32.1 Å². The first-order valence-electron chi connectivity index (χ1n) is 15.8. The zero-order chi connectivity index (χ0) is 29.0. The average Bonchev–Trinajstić information content (AvgIpc) is 3.38. The van der Waals surface area contributed by atoms with E-state index in [4.69, 9.17) is 0 Å². The molecule has 0 amide bonds. The summed E-state index contributed by atoms with van der Waals surface area (Å²) in [4.78, 5) is 18.5. The monoisotopic (exact) mass is 545 g/mol. The van der Waals surface area contributed by atoms with E-state index in [-0.39, 0.29) is 27.6 Å². The number of nitrogens with one attached hydrogen (secondary N) is 1. The largest absolute Gasteiger partial charge is 0.390 e. The van der Waals surface area contributed by atoms with Crippen LogP contribution in [0.1, 0.15) is 105 Å². The van der Waals surface area contributed by atoms with E-state index in [1.807, 2.05) is 0 Å². The summed E-state index contributed by atoms with van der Waals surface area (Å²) in [5.41, 5.74) is 3.90. The van der Waals surface area contributed by atoms with E-state index in [1.165, 1.54) is 27.7 Å². The maximum atomic E-state index is 14.7. The summed E-state index contributed by atoms with van der Waals surface area (Å²) in [5.74, 6) is 1.90. The molecule has 6 rings (SSSR count). The van der Waals surface area contributed by atoms with Gasteiger partial charge in [0.1, 0.15) is 5.78 Å². The zero-order valence-electron chi connectivity index (χ0n) is 26.0. The third kappa shape index (κ3) is 3.60. The van der Waals surface area contributed by atoms with Gasteiger partial charge in [-0.2, -0.15) is 0 Å². The number of rotatable bonds is 5. The van der Waals surface area contributed by atoms with E-state index >= 15 is 0 Å². The first-order valence-corrected chi connectivity index (χ1v) is 15.8. The molecule has 1 heterocycles. The van der Waals surface area contributed by atoms with Crippen LogP contribution in [0.5, 0.6) is 0 Å². The Hall–Kier alpha value is -1.91. The van der Waals surface area contributed by atoms with Gasteiger partial charge in [0, 0.05) is 33.8 Å². The lowest BCUT2D eigenvalue weighted by Crippen LogP contribution is -2.63. The van der Waals surface area contributed by atoms with Crippen LogP contribution >= 0.6 is 0 Å². The minimum absolute atomic E-state index is 0.0468. The number of carbonyl (C=O) groups excluding carboxylic acids is 1. The number of hydrogen-bond acceptors (Lipinski definition) is 3. The molecule has 0 radical (unpaired) electrons. The summed E-state index contributed by atoms with van der Waals surface area (Å²) < 4.78 is 0. The van der Waals surface area contributed by atoms with E-state index in [2.05, 4.69) is 76.9 Å². The van der Waals surface area contributed by atoms with E-state index in [9.17, 15) is 15.0 Å². The molecule has 0 spiro atoms. The molecule has 2 fully saturated rings. The van der Waals surface area contributed by atoms with Crippen LogP contribution in [0, 0.1) is 39.9 Å². The van der Waals surface area contributed by atoms with Gasteiger partial charge in [0.05, 0.1) is 11.7 Å². The number of benzene rings is 1. The summed E-state index contributed by atoms with van der Waals surface area (Å²) in [6.07, 6.45) is 8.19. The molecule has 2 aromatic rings. The minimum atomic E-state index is -1.08. The van der Waals surface area contributed by atoms with Gasteiger partial charge in [-0.25, -0.2) is 0 Å². The molecular weight excluding hydrogens is 494 g/mol. The van der Waals surface area contributed by atoms with Crippen LogP contribution < -0.4 is 0 Å². The van der Waals surface area contributed by atoms with Crippen molar-refractivity contribution in [2.45, 2.75) is 117 Å². The number of H-pyrrole nitrogens is 1. The average molecular weight is 546 g/mol. The number of aromatic nitrogens is 1. The minimum Gasteiger partial charge on any atom is -0.390 e. The topological polar surface area (TPSA) is 73.3 Å². The molecule has 4 heteroatoms. The van der Waals surface area contributed by atoms with Crippen LogP contribution in [-0.2, 0) is 16.6 Å². The highest BCUT2D eigenvalue weighted by Gasteiger charge is 2.70. The summed E-state index contributed by atoms with van der Waals surface area (Å²) in [6.45, 7) is 17.7. The molecule has 218 valence electrons. The third-order valence-corrected chi connectivity index (χ3v) is 13.4. The third-order valence-electron chi connectivity index (χ3n) is 13.4. The maximum absolute atomic E-state index is 14.7. The van der Waals surface area contributed by atoms with Gasteiger partial charge in [0.25, 0.3) is 0 Å². The highest BCUT2D eigenvalue weighted by molar-refractivity contribution is 5.90. The normalized spacial score (nSPS) is 38.2. The smallest absolute Gasteiger partial charge is 0.140 e. The SMILES string of the molecule is C[C@H](CC[C@@H](O)C(C)(C)O)[C@H]1CC[C@@]2(C)[C@@H]3CC=C4[C@@H](Cc5c([nH]c6ccccc56)C4(C)C)[C@]3(C)C(=O)C[C@]12C. The molecule has 0 bridgehead atoms. The Bertz CT molecular complexity index is 1380. The first kappa shape index (κ1) is 28.2. The molecule has 3 N–H and O–H groups in total. The van der Waals surface area contributed by atoms with Crippen molar-refractivity contribution in [1.82, 2.24) is 4.98 Å². The predicted octanol–water partition coefficient (Wildman–Crippen LogP) is 7.51. The molecule has 1 aromatic heterocycles. The van der Waals surface area contributed by atoms with E-state index in [0.29, 0.717) is 36.4 Å². The van der Waals surface area contributed by atoms with Gasteiger partial charge in [-0.15, -0.1) is 0 Å². The number of Topliss-reactive ketones (excluding diaryl/α,β-unsaturated/α-hetero) is 1. The van der Waals surface area contributed by atoms with Crippen LogP contribution in [0.4, 0.5) is 0 Å². The molecule has 40 heavy (non-hydrogen) atoms. The number of aliphatic hydroxyl groups is 2. The molecule has 2 saturated carbocycles. The highest BCUT2D eigenvalue weighted by atomic mass is 16.3. The predicted molar refractivity (Wildman–Crippen MR) is 162 cm³/mol. The second-order valence-electron chi connectivity index (χ2n) is 15.9. The Labute approximate surface area is 241 Å². The maximum Gasteiger partial charge on any atom is 0.140 e. The first-order chi connectivity index (χ1) is 18.6. The lowest BCUT2D eigenvalue weighted by Gasteiger charge is -2.64. The summed E-state index contributed by atoms with van der Waals surface area (Å²) in [6, 6.07) is 8.68. The lowest BCUT2D eigenvalue weighted by molar-refractivity contribution is -0.168. The molecule has 0 unspecified atom stereocenters. The van der Waals surface area contributed by atoms with Gasteiger partial charge in [0.2, 0.25) is 0 Å². The summed E-state index contributed by atoms with van der Waals surface area (Å²) in [7, 11) is 0. The Morgan fingerprint density at radius 1 is 1.07 bits per heavy atom. The van der Waals surface area contributed by atoms with Crippen LogP contribution in [0.15, 0.2) is 35.9 Å². The van der Waals surface area contributed by atoms with Crippen molar-refractivity contribution in [1.29, 1.82) is 0 Å². The number of hydrogen-bond donors (Lipinski definition) is 3. The fourth-order valence-electron chi connectivity index (χ4n) is 10.6. The van der Waals surface area contributed by atoms with Crippen LogP contribution in [0.25, 0.3) is 10.9 Å². The number of aromatic amines is 1. The fourth-order valence-corrected chi connectivity index (χ4v) is 10.6. The number of aliphatic hydroxyl groups excluding tert-OH is 1. The van der Waals surface area contributed by atoms with Gasteiger partial charge in [-0.05, 0) is 98.5 Å². The second kappa shape index (κ2) is 8.80. The van der Waals surface area contributed by atoms with Crippen LogP contribution in [0.3, 0.4) is 0 Å². The molecule has 0 saturated heterocycles. The van der Waals surface area contributed by atoms with Crippen molar-refractivity contribution in [2.24, 2.45) is 39.9 Å². The summed E-state index contributed by atoms with van der Waals surface area (Å²) >= 11 is 0. The van der Waals surface area contributed by atoms with Gasteiger partial charge in [0.15, 0.2) is 0 Å². The Kier molecular flexibility index (Phi) is 6.21. The van der Waals surface area contributed by atoms with Crippen LogP contribution in [0.2, 0.25) is 0 Å². The number of para-hydroxylation sites is 1. The van der Waals surface area contributed by atoms with Gasteiger partial charge >= 0.3 is 0 Å².